The SMILES string of the molecule is C\C=C/C=C(\C=C/C)CCCCN1CCN(C2=CCCC(Cl)C=C2)CC1. The highest BCUT2D eigenvalue weighted by molar-refractivity contribution is 6.21. The molecule has 0 bridgehead atoms. The van der Waals surface area contributed by atoms with Gasteiger partial charge in [-0.2, -0.15) is 0 Å². The fourth-order valence-corrected chi connectivity index (χ4v) is 3.74. The highest BCUT2D eigenvalue weighted by Gasteiger charge is 2.18. The standard InChI is InChI=1S/C23H35ClN2/c1-3-5-10-21(9-4-2)11-6-7-16-25-17-19-26(20-18-25)23-13-8-12-22(24)14-15-23/h3-5,9-10,13-15,22H,6-8,11-12,16-20H2,1-2H3/b5-3-,9-4-,21-10+. The number of piperazine rings is 1. The lowest BCUT2D eigenvalue weighted by atomic mass is 10.1. The summed E-state index contributed by atoms with van der Waals surface area (Å²) in [6.07, 6.45) is 23.4. The Morgan fingerprint density at radius 1 is 1.15 bits per heavy atom. The minimum atomic E-state index is 0.194. The highest BCUT2D eigenvalue weighted by Crippen LogP contribution is 2.19. The molecule has 26 heavy (non-hydrogen) atoms. The largest absolute Gasteiger partial charge is 0.369 e. The van der Waals surface area contributed by atoms with Gasteiger partial charge < -0.3 is 4.90 Å². The Bertz CT molecular complexity index is 549. The average Bonchev–Trinajstić information content (AvgIpc) is 2.88. The monoisotopic (exact) mass is 374 g/mol. The smallest absolute Gasteiger partial charge is 0.0522 e. The summed E-state index contributed by atoms with van der Waals surface area (Å²) in [7, 11) is 0. The molecular formula is C23H35ClN2. The zero-order chi connectivity index (χ0) is 18.6. The topological polar surface area (TPSA) is 6.48 Å². The third-order valence-corrected chi connectivity index (χ3v) is 5.45. The summed E-state index contributed by atoms with van der Waals surface area (Å²) in [5.74, 6) is 0. The first-order chi connectivity index (χ1) is 12.7. The van der Waals surface area contributed by atoms with Gasteiger partial charge in [-0.3, -0.25) is 4.90 Å². The lowest BCUT2D eigenvalue weighted by molar-refractivity contribution is 0.159. The van der Waals surface area contributed by atoms with Crippen molar-refractivity contribution in [2.45, 2.75) is 51.3 Å². The molecule has 0 N–H and O–H groups in total. The minimum absolute atomic E-state index is 0.194. The molecule has 2 rings (SSSR count). The Kier molecular flexibility index (Phi) is 9.87. The molecule has 1 heterocycles. The van der Waals surface area contributed by atoms with E-state index in [-0.39, 0.29) is 5.38 Å². The summed E-state index contributed by atoms with van der Waals surface area (Å²) in [6.45, 7) is 9.99. The molecule has 144 valence electrons. The first-order valence-electron chi connectivity index (χ1n) is 10.2. The van der Waals surface area contributed by atoms with E-state index in [0.717, 1.165) is 25.9 Å². The molecule has 0 saturated carbocycles. The van der Waals surface area contributed by atoms with Gasteiger partial charge in [0.2, 0.25) is 0 Å². The molecule has 0 aromatic rings. The maximum atomic E-state index is 6.23. The fourth-order valence-electron chi connectivity index (χ4n) is 3.54. The van der Waals surface area contributed by atoms with Gasteiger partial charge in [-0.1, -0.05) is 42.5 Å². The number of hydrogen-bond acceptors (Lipinski definition) is 2. The molecule has 0 aromatic carbocycles. The summed E-state index contributed by atoms with van der Waals surface area (Å²) in [4.78, 5) is 5.14. The second-order valence-corrected chi connectivity index (χ2v) is 7.70. The van der Waals surface area contributed by atoms with Crippen molar-refractivity contribution in [2.75, 3.05) is 32.7 Å². The third kappa shape index (κ3) is 7.55. The van der Waals surface area contributed by atoms with Crippen molar-refractivity contribution >= 4 is 11.6 Å². The molecule has 0 amide bonds. The lowest BCUT2D eigenvalue weighted by Gasteiger charge is -2.36. The van der Waals surface area contributed by atoms with E-state index in [2.05, 4.69) is 72.3 Å². The molecule has 1 aliphatic carbocycles. The molecule has 0 radical (unpaired) electrons. The van der Waals surface area contributed by atoms with E-state index in [4.69, 9.17) is 11.6 Å². The number of hydrogen-bond donors (Lipinski definition) is 0. The molecule has 2 aliphatic rings. The van der Waals surface area contributed by atoms with Gasteiger partial charge in [0, 0.05) is 31.9 Å². The molecule has 3 heteroatoms. The van der Waals surface area contributed by atoms with Crippen molar-refractivity contribution in [3.63, 3.8) is 0 Å². The van der Waals surface area contributed by atoms with Crippen LogP contribution in [0.3, 0.4) is 0 Å². The Morgan fingerprint density at radius 3 is 2.69 bits per heavy atom. The van der Waals surface area contributed by atoms with Crippen molar-refractivity contribution < 1.29 is 0 Å². The van der Waals surface area contributed by atoms with Crippen LogP contribution in [0.25, 0.3) is 0 Å². The maximum absolute atomic E-state index is 6.23. The Morgan fingerprint density at radius 2 is 1.96 bits per heavy atom. The molecule has 1 atom stereocenters. The zero-order valence-corrected chi connectivity index (χ0v) is 17.3. The summed E-state index contributed by atoms with van der Waals surface area (Å²) in [5.41, 5.74) is 2.80. The van der Waals surface area contributed by atoms with Gasteiger partial charge >= 0.3 is 0 Å². The molecule has 2 nitrogen and oxygen atoms in total. The van der Waals surface area contributed by atoms with Crippen LogP contribution in [0.15, 0.2) is 59.9 Å². The van der Waals surface area contributed by atoms with E-state index in [1.54, 1.807) is 0 Å². The maximum Gasteiger partial charge on any atom is 0.0522 e. The molecule has 1 fully saturated rings. The van der Waals surface area contributed by atoms with Crippen LogP contribution in [-0.4, -0.2) is 47.9 Å². The summed E-state index contributed by atoms with van der Waals surface area (Å²) < 4.78 is 0. The highest BCUT2D eigenvalue weighted by atomic mass is 35.5. The molecule has 1 aliphatic heterocycles. The Labute approximate surface area is 165 Å². The van der Waals surface area contributed by atoms with E-state index in [1.165, 1.54) is 50.2 Å². The number of rotatable bonds is 8. The van der Waals surface area contributed by atoms with Crippen molar-refractivity contribution in [1.29, 1.82) is 0 Å². The molecular weight excluding hydrogens is 340 g/mol. The van der Waals surface area contributed by atoms with Gasteiger partial charge in [0.15, 0.2) is 0 Å². The van der Waals surface area contributed by atoms with Crippen LogP contribution in [-0.2, 0) is 0 Å². The van der Waals surface area contributed by atoms with E-state index in [9.17, 15) is 0 Å². The zero-order valence-electron chi connectivity index (χ0n) is 16.5. The van der Waals surface area contributed by atoms with E-state index >= 15 is 0 Å². The van der Waals surface area contributed by atoms with Gasteiger partial charge in [0.25, 0.3) is 0 Å². The number of unbranched alkanes of at least 4 members (excludes halogenated alkanes) is 1. The van der Waals surface area contributed by atoms with Gasteiger partial charge in [-0.25, -0.2) is 0 Å². The first kappa shape index (κ1) is 21.1. The second kappa shape index (κ2) is 12.2. The van der Waals surface area contributed by atoms with Crippen LogP contribution in [0.5, 0.6) is 0 Å². The Hall–Kier alpha value is -1.25. The van der Waals surface area contributed by atoms with Gasteiger partial charge in [-0.05, 0) is 64.1 Å². The van der Waals surface area contributed by atoms with Gasteiger partial charge in [-0.15, -0.1) is 11.6 Å². The van der Waals surface area contributed by atoms with E-state index in [0.29, 0.717) is 0 Å². The number of alkyl halides is 1. The molecule has 1 saturated heterocycles. The normalized spacial score (nSPS) is 23.0. The number of halogens is 1. The molecule has 0 aromatic heterocycles. The van der Waals surface area contributed by atoms with Crippen LogP contribution >= 0.6 is 11.6 Å². The predicted octanol–water partition coefficient (Wildman–Crippen LogP) is 5.69. The van der Waals surface area contributed by atoms with Crippen LogP contribution in [0.4, 0.5) is 0 Å². The quantitative estimate of drug-likeness (QED) is 0.305. The predicted molar refractivity (Wildman–Crippen MR) is 116 cm³/mol. The summed E-state index contributed by atoms with van der Waals surface area (Å²) >= 11 is 6.23. The second-order valence-electron chi connectivity index (χ2n) is 7.13. The third-order valence-electron chi connectivity index (χ3n) is 5.08. The van der Waals surface area contributed by atoms with Crippen molar-refractivity contribution in [3.8, 4) is 0 Å². The van der Waals surface area contributed by atoms with Crippen LogP contribution < -0.4 is 0 Å². The molecule has 0 spiro atoms. The summed E-state index contributed by atoms with van der Waals surface area (Å²) in [6, 6.07) is 0. The van der Waals surface area contributed by atoms with Gasteiger partial charge in [0.1, 0.15) is 0 Å². The Balaban J connectivity index is 1.67. The molecule has 1 unspecified atom stereocenters. The van der Waals surface area contributed by atoms with Crippen LogP contribution in [0.2, 0.25) is 0 Å². The van der Waals surface area contributed by atoms with Crippen LogP contribution in [0, 0.1) is 0 Å². The van der Waals surface area contributed by atoms with Crippen molar-refractivity contribution in [2.24, 2.45) is 0 Å². The minimum Gasteiger partial charge on any atom is -0.369 e. The fraction of sp³-hybridized carbons (Fsp3) is 0.565. The van der Waals surface area contributed by atoms with Gasteiger partial charge in [0.05, 0.1) is 5.38 Å². The first-order valence-corrected chi connectivity index (χ1v) is 10.6. The van der Waals surface area contributed by atoms with Crippen LogP contribution in [0.1, 0.15) is 46.0 Å². The number of allylic oxidation sites excluding steroid dienone is 9. The van der Waals surface area contributed by atoms with Crippen molar-refractivity contribution in [1.82, 2.24) is 9.80 Å². The average molecular weight is 375 g/mol. The summed E-state index contributed by atoms with van der Waals surface area (Å²) in [5, 5.41) is 0.194. The lowest BCUT2D eigenvalue weighted by Crippen LogP contribution is -2.45. The number of nitrogens with zero attached hydrogens (tertiary/aromatic N) is 2. The van der Waals surface area contributed by atoms with Crippen molar-refractivity contribution in [3.05, 3.63) is 59.9 Å². The van der Waals surface area contributed by atoms with E-state index < -0.39 is 0 Å². The van der Waals surface area contributed by atoms with E-state index in [1.807, 2.05) is 0 Å².